The summed E-state index contributed by atoms with van der Waals surface area (Å²) in [6.45, 7) is 0.0755. The lowest BCUT2D eigenvalue weighted by Gasteiger charge is -2.01. The molecule has 0 saturated heterocycles. The summed E-state index contributed by atoms with van der Waals surface area (Å²) in [5, 5.41) is 17.8. The minimum Gasteiger partial charge on any atom is -0.452 e. The van der Waals surface area contributed by atoms with Crippen LogP contribution in [-0.4, -0.2) is 28.9 Å². The van der Waals surface area contributed by atoms with Gasteiger partial charge in [-0.05, 0) is 6.07 Å². The quantitative estimate of drug-likeness (QED) is 0.497. The van der Waals surface area contributed by atoms with Crippen molar-refractivity contribution in [1.82, 2.24) is 4.98 Å². The van der Waals surface area contributed by atoms with Crippen molar-refractivity contribution >= 4 is 12.6 Å². The highest BCUT2D eigenvalue weighted by atomic mass is 16.7. The fraction of sp³-hybridized carbons (Fsp3) is 0.167. The summed E-state index contributed by atoms with van der Waals surface area (Å²) in [6.07, 6.45) is 1.43. The Labute approximate surface area is 68.7 Å². The van der Waals surface area contributed by atoms with Crippen molar-refractivity contribution in [2.24, 2.45) is 0 Å². The Morgan fingerprint density at radius 2 is 2.25 bits per heavy atom. The summed E-state index contributed by atoms with van der Waals surface area (Å²) in [6, 6.07) is 1.47. The van der Waals surface area contributed by atoms with Crippen LogP contribution < -0.4 is 14.9 Å². The lowest BCUT2D eigenvalue weighted by atomic mass is 9.80. The van der Waals surface area contributed by atoms with E-state index < -0.39 is 7.12 Å². The van der Waals surface area contributed by atoms with Crippen molar-refractivity contribution in [2.75, 3.05) is 6.79 Å². The smallest absolute Gasteiger partial charge is 0.452 e. The number of hydrogen-bond acceptors (Lipinski definition) is 5. The van der Waals surface area contributed by atoms with Gasteiger partial charge in [-0.1, -0.05) is 0 Å². The van der Waals surface area contributed by atoms with E-state index in [2.05, 4.69) is 4.98 Å². The second kappa shape index (κ2) is 2.65. The Balaban J connectivity index is 2.49. The molecule has 5 nitrogen and oxygen atoms in total. The monoisotopic (exact) mass is 167 g/mol. The minimum atomic E-state index is -1.55. The van der Waals surface area contributed by atoms with E-state index >= 15 is 0 Å². The van der Waals surface area contributed by atoms with E-state index in [4.69, 9.17) is 19.5 Å². The molecule has 2 rings (SSSR count). The molecule has 0 atom stereocenters. The summed E-state index contributed by atoms with van der Waals surface area (Å²) in [7, 11) is -1.55. The number of aromatic nitrogens is 1. The third kappa shape index (κ3) is 1.01. The van der Waals surface area contributed by atoms with E-state index in [1.54, 1.807) is 0 Å². The predicted molar refractivity (Wildman–Crippen MR) is 40.2 cm³/mol. The Kier molecular flexibility index (Phi) is 1.63. The van der Waals surface area contributed by atoms with Crippen molar-refractivity contribution in [3.63, 3.8) is 0 Å². The third-order valence-corrected chi connectivity index (χ3v) is 1.58. The van der Waals surface area contributed by atoms with E-state index in [0.717, 1.165) is 0 Å². The molecule has 12 heavy (non-hydrogen) atoms. The van der Waals surface area contributed by atoms with Crippen LogP contribution in [-0.2, 0) is 0 Å². The SMILES string of the molecule is OB(O)c1ccnc2c1OCO2. The molecule has 0 aliphatic carbocycles. The highest BCUT2D eigenvalue weighted by Crippen LogP contribution is 2.26. The molecular weight excluding hydrogens is 161 g/mol. The summed E-state index contributed by atoms with van der Waals surface area (Å²) >= 11 is 0. The van der Waals surface area contributed by atoms with Gasteiger partial charge >= 0.3 is 7.12 Å². The first-order chi connectivity index (χ1) is 5.79. The average molecular weight is 167 g/mol. The molecule has 2 N–H and O–H groups in total. The van der Waals surface area contributed by atoms with Crippen molar-refractivity contribution < 1.29 is 19.5 Å². The maximum Gasteiger partial charge on any atom is 0.492 e. The van der Waals surface area contributed by atoms with E-state index in [9.17, 15) is 0 Å². The fourth-order valence-electron chi connectivity index (χ4n) is 1.04. The molecule has 0 radical (unpaired) electrons. The van der Waals surface area contributed by atoms with Crippen molar-refractivity contribution in [2.45, 2.75) is 0 Å². The molecule has 1 aliphatic rings. The first-order valence-electron chi connectivity index (χ1n) is 3.39. The molecule has 6 heteroatoms. The molecule has 0 aromatic carbocycles. The lowest BCUT2D eigenvalue weighted by molar-refractivity contribution is 0.171. The molecule has 62 valence electrons. The van der Waals surface area contributed by atoms with Crippen LogP contribution in [0.4, 0.5) is 0 Å². The Morgan fingerprint density at radius 1 is 1.42 bits per heavy atom. The zero-order chi connectivity index (χ0) is 8.55. The van der Waals surface area contributed by atoms with Crippen LogP contribution >= 0.6 is 0 Å². The fourth-order valence-corrected chi connectivity index (χ4v) is 1.04. The van der Waals surface area contributed by atoms with Crippen molar-refractivity contribution in [3.8, 4) is 11.6 Å². The summed E-state index contributed by atoms with van der Waals surface area (Å²) < 4.78 is 9.92. The maximum absolute atomic E-state index is 8.88. The van der Waals surface area contributed by atoms with Gasteiger partial charge in [-0.25, -0.2) is 4.98 Å². The molecule has 0 unspecified atom stereocenters. The van der Waals surface area contributed by atoms with Gasteiger partial charge in [0.05, 0.1) is 0 Å². The van der Waals surface area contributed by atoms with Gasteiger partial charge in [0.25, 0.3) is 5.88 Å². The largest absolute Gasteiger partial charge is 0.492 e. The second-order valence-corrected chi connectivity index (χ2v) is 2.31. The standard InChI is InChI=1S/C6H6BNO4/c9-7(10)4-1-2-8-6-5(4)11-3-12-6/h1-2,9-10H,3H2. The molecule has 1 aliphatic heterocycles. The molecular formula is C6H6BNO4. The van der Waals surface area contributed by atoms with E-state index in [0.29, 0.717) is 11.6 Å². The summed E-state index contributed by atoms with van der Waals surface area (Å²) in [4.78, 5) is 3.83. The van der Waals surface area contributed by atoms with Crippen molar-refractivity contribution in [3.05, 3.63) is 12.3 Å². The number of nitrogens with zero attached hydrogens (tertiary/aromatic N) is 1. The predicted octanol–water partition coefficient (Wildman–Crippen LogP) is -1.51. The third-order valence-electron chi connectivity index (χ3n) is 1.58. The van der Waals surface area contributed by atoms with Crippen LogP contribution in [0.1, 0.15) is 0 Å². The maximum atomic E-state index is 8.88. The normalized spacial score (nSPS) is 13.2. The number of pyridine rings is 1. The van der Waals surface area contributed by atoms with Crippen LogP contribution in [0.3, 0.4) is 0 Å². The second-order valence-electron chi connectivity index (χ2n) is 2.31. The van der Waals surface area contributed by atoms with Gasteiger partial charge in [0.15, 0.2) is 5.75 Å². The number of ether oxygens (including phenoxy) is 2. The van der Waals surface area contributed by atoms with E-state index in [-0.39, 0.29) is 12.3 Å². The zero-order valence-electron chi connectivity index (χ0n) is 6.10. The van der Waals surface area contributed by atoms with Gasteiger partial charge in [-0.15, -0.1) is 0 Å². The first kappa shape index (κ1) is 7.39. The van der Waals surface area contributed by atoms with Crippen LogP contribution in [0.5, 0.6) is 11.6 Å². The molecule has 1 aromatic heterocycles. The highest BCUT2D eigenvalue weighted by Gasteiger charge is 2.25. The Morgan fingerprint density at radius 3 is 3.00 bits per heavy atom. The topological polar surface area (TPSA) is 71.8 Å². The summed E-state index contributed by atoms with van der Waals surface area (Å²) in [5.74, 6) is 0.619. The molecule has 1 aromatic rings. The van der Waals surface area contributed by atoms with Gasteiger partial charge in [0.1, 0.15) is 0 Å². The van der Waals surface area contributed by atoms with Gasteiger partial charge in [-0.2, -0.15) is 0 Å². The number of rotatable bonds is 1. The molecule has 0 bridgehead atoms. The number of hydrogen-bond donors (Lipinski definition) is 2. The Hall–Kier alpha value is -1.27. The van der Waals surface area contributed by atoms with Gasteiger partial charge in [0.2, 0.25) is 6.79 Å². The Bertz CT molecular complexity index is 304. The first-order valence-corrected chi connectivity index (χ1v) is 3.39. The average Bonchev–Trinajstić information content (AvgIpc) is 2.49. The number of fused-ring (bicyclic) bond motifs is 1. The molecule has 0 amide bonds. The molecule has 2 heterocycles. The van der Waals surface area contributed by atoms with E-state index in [1.165, 1.54) is 12.3 Å². The van der Waals surface area contributed by atoms with Crippen LogP contribution in [0.2, 0.25) is 0 Å². The van der Waals surface area contributed by atoms with E-state index in [1.807, 2.05) is 0 Å². The van der Waals surface area contributed by atoms with Crippen LogP contribution in [0.15, 0.2) is 12.3 Å². The minimum absolute atomic E-state index is 0.0755. The van der Waals surface area contributed by atoms with Gasteiger partial charge < -0.3 is 19.5 Å². The zero-order valence-corrected chi connectivity index (χ0v) is 6.10. The van der Waals surface area contributed by atoms with Crippen LogP contribution in [0.25, 0.3) is 0 Å². The van der Waals surface area contributed by atoms with Gasteiger partial charge in [0, 0.05) is 11.7 Å². The molecule has 0 fully saturated rings. The summed E-state index contributed by atoms with van der Waals surface area (Å²) in [5.41, 5.74) is 0.275. The van der Waals surface area contributed by atoms with Gasteiger partial charge in [-0.3, -0.25) is 0 Å². The highest BCUT2D eigenvalue weighted by molar-refractivity contribution is 6.59. The molecule has 0 saturated carbocycles. The van der Waals surface area contributed by atoms with Crippen molar-refractivity contribution in [1.29, 1.82) is 0 Å². The lowest BCUT2D eigenvalue weighted by Crippen LogP contribution is -2.30. The van der Waals surface area contributed by atoms with Crippen LogP contribution in [0, 0.1) is 0 Å². The molecule has 0 spiro atoms.